The molecule has 7 nitrogen and oxygen atoms in total. The molecule has 0 amide bonds. The Kier molecular flexibility index (Phi) is 6.19. The molecular weight excluding hydrogens is 663 g/mol. The number of nitrogens with zero attached hydrogens (tertiary/aromatic N) is 4. The van der Waals surface area contributed by atoms with E-state index in [-0.39, 0.29) is 33.9 Å². The fraction of sp³-hybridized carbons (Fsp3) is 0.450. The summed E-state index contributed by atoms with van der Waals surface area (Å²) in [5.41, 5.74) is -1.15. The van der Waals surface area contributed by atoms with E-state index in [1.807, 2.05) is 0 Å². The molecule has 0 bridgehead atoms. The second kappa shape index (κ2) is 8.62. The first-order valence-corrected chi connectivity index (χ1v) is 12.2. The average molecular weight is 674 g/mol. The highest BCUT2D eigenvalue weighted by atomic mass is 79.9. The number of hydrogen-bond donors (Lipinski definition) is 1. The molecule has 1 saturated carbocycles. The van der Waals surface area contributed by atoms with Gasteiger partial charge in [-0.15, -0.1) is 0 Å². The predicted molar refractivity (Wildman–Crippen MR) is 117 cm³/mol. The third kappa shape index (κ3) is 3.46. The van der Waals surface area contributed by atoms with Crippen LogP contribution in [0.15, 0.2) is 33.0 Å². The third-order valence-electron chi connectivity index (χ3n) is 6.41. The monoisotopic (exact) mass is 673 g/mol. The maximum Gasteiger partial charge on any atom is 0.384 e. The number of ether oxygens (including phenoxy) is 2. The zero-order valence-corrected chi connectivity index (χ0v) is 21.4. The van der Waals surface area contributed by atoms with Crippen LogP contribution in [0.5, 0.6) is 11.5 Å². The molecule has 2 N–H and O–H groups in total. The van der Waals surface area contributed by atoms with Gasteiger partial charge in [0.05, 0.1) is 0 Å². The first-order valence-electron chi connectivity index (χ1n) is 10.6. The van der Waals surface area contributed by atoms with Crippen molar-refractivity contribution >= 4 is 44.7 Å². The maximum atomic E-state index is 15.4. The summed E-state index contributed by atoms with van der Waals surface area (Å²) in [6.07, 6.45) is -1.70. The normalized spacial score (nSPS) is 22.9. The molecule has 3 heterocycles. The number of rotatable bonds is 5. The molecule has 218 valence electrons. The fourth-order valence-electron chi connectivity index (χ4n) is 4.15. The van der Waals surface area contributed by atoms with Crippen molar-refractivity contribution in [2.24, 2.45) is 0 Å². The smallest absolute Gasteiger partial charge is 0.384 e. The first kappa shape index (κ1) is 28.7. The molecule has 5 rings (SSSR count). The van der Waals surface area contributed by atoms with Crippen molar-refractivity contribution < 1.29 is 57.8 Å². The van der Waals surface area contributed by atoms with Gasteiger partial charge in [0.25, 0.3) is 5.67 Å². The summed E-state index contributed by atoms with van der Waals surface area (Å²) in [4.78, 5) is 11.7. The summed E-state index contributed by atoms with van der Waals surface area (Å²) in [6, 6.07) is 2.86. The van der Waals surface area contributed by atoms with E-state index < -0.39 is 53.9 Å². The van der Waals surface area contributed by atoms with Crippen molar-refractivity contribution in [3.63, 3.8) is 0 Å². The van der Waals surface area contributed by atoms with E-state index in [1.54, 1.807) is 0 Å². The number of imidazole rings is 1. The molecule has 1 aliphatic heterocycles. The molecule has 1 aliphatic carbocycles. The van der Waals surface area contributed by atoms with Gasteiger partial charge in [-0.1, -0.05) is 11.8 Å². The van der Waals surface area contributed by atoms with Gasteiger partial charge in [0.15, 0.2) is 33.6 Å². The average Bonchev–Trinajstić information content (AvgIpc) is 3.46. The summed E-state index contributed by atoms with van der Waals surface area (Å²) < 4.78 is 168. The molecule has 3 aromatic rings. The van der Waals surface area contributed by atoms with Crippen LogP contribution < -0.4 is 15.2 Å². The SMILES string of the molecule is Nc1ncnc2c1nc(Sc1cc3c(cc1Br)OCO3)n2CCC1(F)C(F)(F)C(F)(F)C(F)(F)C(F)(F)C1(F)F. The Morgan fingerprint density at radius 2 is 1.40 bits per heavy atom. The molecule has 2 aromatic heterocycles. The Morgan fingerprint density at radius 1 is 0.850 bits per heavy atom. The van der Waals surface area contributed by atoms with Crippen LogP contribution >= 0.6 is 27.7 Å². The number of benzene rings is 1. The lowest BCUT2D eigenvalue weighted by Crippen LogP contribution is -2.83. The Bertz CT molecular complexity index is 1490. The maximum absolute atomic E-state index is 15.4. The minimum Gasteiger partial charge on any atom is -0.454 e. The quantitative estimate of drug-likeness (QED) is 0.316. The number of alkyl halides is 11. The molecule has 0 atom stereocenters. The van der Waals surface area contributed by atoms with E-state index >= 15 is 4.39 Å². The van der Waals surface area contributed by atoms with Crippen LogP contribution in [0.1, 0.15) is 6.42 Å². The highest BCUT2D eigenvalue weighted by molar-refractivity contribution is 9.10. The van der Waals surface area contributed by atoms with Gasteiger partial charge < -0.3 is 19.8 Å². The zero-order chi connectivity index (χ0) is 29.7. The number of hydrogen-bond acceptors (Lipinski definition) is 7. The van der Waals surface area contributed by atoms with Crippen LogP contribution in [0.25, 0.3) is 11.2 Å². The number of anilines is 1. The summed E-state index contributed by atoms with van der Waals surface area (Å²) in [5.74, 6) is -35.4. The van der Waals surface area contributed by atoms with E-state index in [1.165, 1.54) is 12.1 Å². The van der Waals surface area contributed by atoms with E-state index in [4.69, 9.17) is 15.2 Å². The van der Waals surface area contributed by atoms with Gasteiger partial charge in [-0.3, -0.25) is 0 Å². The molecule has 1 fully saturated rings. The molecule has 0 radical (unpaired) electrons. The number of aromatic nitrogens is 4. The molecule has 1 aromatic carbocycles. The van der Waals surface area contributed by atoms with Gasteiger partial charge in [0, 0.05) is 22.3 Å². The summed E-state index contributed by atoms with van der Waals surface area (Å²) in [6.45, 7) is -1.62. The molecule has 0 spiro atoms. The van der Waals surface area contributed by atoms with Gasteiger partial charge >= 0.3 is 29.6 Å². The number of nitrogens with two attached hydrogens (primary N) is 1. The van der Waals surface area contributed by atoms with Crippen LogP contribution in [0.4, 0.5) is 54.1 Å². The van der Waals surface area contributed by atoms with Crippen molar-refractivity contribution in [3.8, 4) is 11.5 Å². The number of fused-ring (bicyclic) bond motifs is 2. The van der Waals surface area contributed by atoms with Crippen molar-refractivity contribution in [2.45, 2.75) is 58.3 Å². The largest absolute Gasteiger partial charge is 0.454 e. The molecule has 40 heavy (non-hydrogen) atoms. The Labute approximate surface area is 227 Å². The van der Waals surface area contributed by atoms with Gasteiger partial charge in [-0.2, -0.15) is 43.9 Å². The van der Waals surface area contributed by atoms with Gasteiger partial charge in [-0.25, -0.2) is 19.3 Å². The van der Waals surface area contributed by atoms with E-state index in [2.05, 4.69) is 30.9 Å². The highest BCUT2D eigenvalue weighted by Gasteiger charge is 3.00. The summed E-state index contributed by atoms with van der Waals surface area (Å²) in [7, 11) is 0. The van der Waals surface area contributed by atoms with Gasteiger partial charge in [0.1, 0.15) is 6.33 Å². The lowest BCUT2D eigenvalue weighted by molar-refractivity contribution is -0.485. The summed E-state index contributed by atoms with van der Waals surface area (Å²) in [5, 5.41) is -0.350. The van der Waals surface area contributed by atoms with E-state index in [0.717, 1.165) is 6.33 Å². The predicted octanol–water partition coefficient (Wildman–Crippen LogP) is 6.34. The van der Waals surface area contributed by atoms with Crippen LogP contribution in [0, 0.1) is 0 Å². The van der Waals surface area contributed by atoms with Gasteiger partial charge in [-0.05, 0) is 28.1 Å². The number of halogens is 12. The summed E-state index contributed by atoms with van der Waals surface area (Å²) >= 11 is 3.88. The van der Waals surface area contributed by atoms with E-state index in [9.17, 15) is 43.9 Å². The van der Waals surface area contributed by atoms with Crippen LogP contribution in [0.3, 0.4) is 0 Å². The van der Waals surface area contributed by atoms with Gasteiger partial charge in [0.2, 0.25) is 6.79 Å². The Hall–Kier alpha value is -2.77. The molecule has 2 aliphatic rings. The van der Waals surface area contributed by atoms with Crippen molar-refractivity contribution in [1.29, 1.82) is 0 Å². The van der Waals surface area contributed by atoms with Crippen molar-refractivity contribution in [3.05, 3.63) is 22.9 Å². The topological polar surface area (TPSA) is 88.1 Å². The van der Waals surface area contributed by atoms with E-state index in [0.29, 0.717) is 26.6 Å². The Balaban J connectivity index is 1.60. The lowest BCUT2D eigenvalue weighted by Gasteiger charge is -2.52. The molecular formula is C20H11BrF11N5O2S. The van der Waals surface area contributed by atoms with Crippen LogP contribution in [0.2, 0.25) is 0 Å². The zero-order valence-electron chi connectivity index (χ0n) is 19.0. The van der Waals surface area contributed by atoms with Crippen molar-refractivity contribution in [1.82, 2.24) is 19.5 Å². The number of aryl methyl sites for hydroxylation is 1. The third-order valence-corrected chi connectivity index (χ3v) is 8.38. The fourth-order valence-corrected chi connectivity index (χ4v) is 5.66. The Morgan fingerprint density at radius 3 is 2.00 bits per heavy atom. The second-order valence-electron chi connectivity index (χ2n) is 8.64. The number of nitrogen functional groups attached to an aromatic ring is 1. The molecule has 20 heteroatoms. The second-order valence-corrected chi connectivity index (χ2v) is 10.5. The van der Waals surface area contributed by atoms with Crippen LogP contribution in [-0.2, 0) is 6.54 Å². The first-order chi connectivity index (χ1) is 18.3. The standard InChI is InChI=1S/C20H11BrF11N5O2S/c21-7-3-8-9(39-6-38-8)4-10(7)40-14-36-11-12(33)34-5-35-13(11)37(14)2-1-15(22)16(23,24)18(27,28)20(31,32)19(29,30)17(15,25)26/h3-5H,1-2,6H2,(H2,33,34,35). The highest BCUT2D eigenvalue weighted by Crippen LogP contribution is 2.70. The molecule has 0 unspecified atom stereocenters. The molecule has 0 saturated heterocycles. The van der Waals surface area contributed by atoms with Crippen molar-refractivity contribution in [2.75, 3.05) is 12.5 Å². The lowest BCUT2D eigenvalue weighted by atomic mass is 9.70. The minimum atomic E-state index is -7.29. The van der Waals surface area contributed by atoms with Crippen LogP contribution in [-0.4, -0.2) is 61.6 Å². The minimum absolute atomic E-state index is 0.129.